The summed E-state index contributed by atoms with van der Waals surface area (Å²) in [5, 5.41) is 5.99. The quantitative estimate of drug-likeness (QED) is 0.271. The van der Waals surface area contributed by atoms with E-state index in [-0.39, 0.29) is 11.7 Å². The van der Waals surface area contributed by atoms with Crippen molar-refractivity contribution in [2.24, 2.45) is 5.11 Å². The fourth-order valence-corrected chi connectivity index (χ4v) is 1.21. The molecule has 0 aliphatic carbocycles. The molecule has 0 unspecified atom stereocenters. The average Bonchev–Trinajstić information content (AvgIpc) is 2.38. The number of carbonyl (C=O) groups excluding carboxylic acids is 1. The van der Waals surface area contributed by atoms with Crippen LogP contribution in [0.5, 0.6) is 0 Å². The van der Waals surface area contributed by atoms with Gasteiger partial charge in [0, 0.05) is 24.1 Å². The van der Waals surface area contributed by atoms with Crippen molar-refractivity contribution in [3.8, 4) is 0 Å². The number of rotatable bonds is 6. The molecule has 6 heteroatoms. The van der Waals surface area contributed by atoms with Crippen LogP contribution in [0.3, 0.4) is 0 Å². The van der Waals surface area contributed by atoms with Crippen molar-refractivity contribution in [3.63, 3.8) is 0 Å². The first-order valence-electron chi connectivity index (χ1n) is 5.44. The van der Waals surface area contributed by atoms with Crippen LogP contribution in [0.15, 0.2) is 35.5 Å². The maximum atomic E-state index is 12.6. The first kappa shape index (κ1) is 13.7. The standard InChI is InChI=1S/C12H13FN4O/c13-11-5-2-10(3-6-11)4-7-12(18)15-8-1-9-16-17-14/h2-7H,1,8-9H2,(H,15,18). The van der Waals surface area contributed by atoms with Crippen LogP contribution in [0, 0.1) is 5.82 Å². The fraction of sp³-hybridized carbons (Fsp3) is 0.250. The summed E-state index contributed by atoms with van der Waals surface area (Å²) < 4.78 is 12.6. The summed E-state index contributed by atoms with van der Waals surface area (Å²) in [5.74, 6) is -0.546. The Morgan fingerprint density at radius 1 is 1.44 bits per heavy atom. The van der Waals surface area contributed by atoms with Crippen molar-refractivity contribution in [2.45, 2.75) is 6.42 Å². The van der Waals surface area contributed by atoms with Crippen LogP contribution in [0.25, 0.3) is 16.5 Å². The van der Waals surface area contributed by atoms with Gasteiger partial charge in [0.25, 0.3) is 0 Å². The van der Waals surface area contributed by atoms with Gasteiger partial charge >= 0.3 is 0 Å². The third-order valence-corrected chi connectivity index (χ3v) is 2.09. The van der Waals surface area contributed by atoms with E-state index in [1.165, 1.54) is 18.2 Å². The topological polar surface area (TPSA) is 77.9 Å². The molecule has 1 aromatic carbocycles. The predicted octanol–water partition coefficient (Wildman–Crippen LogP) is 2.66. The van der Waals surface area contributed by atoms with Gasteiger partial charge in [-0.25, -0.2) is 4.39 Å². The van der Waals surface area contributed by atoms with E-state index in [2.05, 4.69) is 15.3 Å². The SMILES string of the molecule is [N-]=[N+]=NCCCNC(=O)C=Cc1ccc(F)cc1. The fourth-order valence-electron chi connectivity index (χ4n) is 1.21. The Labute approximate surface area is 104 Å². The minimum Gasteiger partial charge on any atom is -0.353 e. The molecule has 0 atom stereocenters. The van der Waals surface area contributed by atoms with E-state index in [0.717, 1.165) is 5.56 Å². The van der Waals surface area contributed by atoms with Crippen molar-refractivity contribution in [1.29, 1.82) is 0 Å². The van der Waals surface area contributed by atoms with Crippen LogP contribution in [0.2, 0.25) is 0 Å². The maximum Gasteiger partial charge on any atom is 0.243 e. The Hall–Kier alpha value is -2.33. The molecule has 0 saturated carbocycles. The van der Waals surface area contributed by atoms with Gasteiger partial charge in [-0.05, 0) is 35.7 Å². The minimum atomic E-state index is -0.311. The molecule has 1 amide bonds. The van der Waals surface area contributed by atoms with Crippen molar-refractivity contribution >= 4 is 12.0 Å². The number of benzene rings is 1. The van der Waals surface area contributed by atoms with Crippen LogP contribution in [-0.2, 0) is 4.79 Å². The second-order valence-corrected chi connectivity index (χ2v) is 3.48. The summed E-state index contributed by atoms with van der Waals surface area (Å²) in [6.45, 7) is 0.810. The van der Waals surface area contributed by atoms with E-state index in [1.807, 2.05) is 0 Å². The molecular weight excluding hydrogens is 235 g/mol. The number of azide groups is 1. The summed E-state index contributed by atoms with van der Waals surface area (Å²) in [4.78, 5) is 13.9. The van der Waals surface area contributed by atoms with E-state index in [0.29, 0.717) is 19.5 Å². The van der Waals surface area contributed by atoms with Gasteiger partial charge < -0.3 is 5.32 Å². The van der Waals surface area contributed by atoms with Gasteiger partial charge in [-0.15, -0.1) is 0 Å². The number of halogens is 1. The molecule has 0 saturated heterocycles. The normalized spacial score (nSPS) is 10.1. The summed E-state index contributed by atoms with van der Waals surface area (Å²) in [6.07, 6.45) is 3.57. The Morgan fingerprint density at radius 3 is 2.83 bits per heavy atom. The minimum absolute atomic E-state index is 0.236. The lowest BCUT2D eigenvalue weighted by Crippen LogP contribution is -2.22. The van der Waals surface area contributed by atoms with Gasteiger partial charge in [0.2, 0.25) is 5.91 Å². The summed E-state index contributed by atoms with van der Waals surface area (Å²) in [6, 6.07) is 5.83. The molecule has 0 heterocycles. The molecule has 0 aliphatic rings. The van der Waals surface area contributed by atoms with Gasteiger partial charge in [-0.3, -0.25) is 4.79 Å². The Morgan fingerprint density at radius 2 is 2.17 bits per heavy atom. The third kappa shape index (κ3) is 5.67. The van der Waals surface area contributed by atoms with Gasteiger partial charge in [-0.1, -0.05) is 17.2 Å². The lowest BCUT2D eigenvalue weighted by atomic mass is 10.2. The van der Waals surface area contributed by atoms with Crippen molar-refractivity contribution in [3.05, 3.63) is 52.2 Å². The van der Waals surface area contributed by atoms with Crippen molar-refractivity contribution in [2.75, 3.05) is 13.1 Å². The molecule has 0 bridgehead atoms. The maximum absolute atomic E-state index is 12.6. The summed E-state index contributed by atoms with van der Waals surface area (Å²) >= 11 is 0. The average molecular weight is 248 g/mol. The molecule has 0 radical (unpaired) electrons. The van der Waals surface area contributed by atoms with Crippen LogP contribution >= 0.6 is 0 Å². The van der Waals surface area contributed by atoms with Crippen LogP contribution in [0.4, 0.5) is 4.39 Å². The highest BCUT2D eigenvalue weighted by atomic mass is 19.1. The lowest BCUT2D eigenvalue weighted by Gasteiger charge is -1.99. The Balaban J connectivity index is 2.31. The van der Waals surface area contributed by atoms with Gasteiger partial charge in [0.15, 0.2) is 0 Å². The monoisotopic (exact) mass is 248 g/mol. The molecule has 5 nitrogen and oxygen atoms in total. The molecule has 1 aromatic rings. The summed E-state index contributed by atoms with van der Waals surface area (Å²) in [7, 11) is 0. The number of nitrogens with zero attached hydrogens (tertiary/aromatic N) is 3. The van der Waals surface area contributed by atoms with E-state index in [9.17, 15) is 9.18 Å². The Bertz CT molecular complexity index is 463. The zero-order valence-electron chi connectivity index (χ0n) is 9.71. The van der Waals surface area contributed by atoms with E-state index in [1.54, 1.807) is 18.2 Å². The zero-order valence-corrected chi connectivity index (χ0v) is 9.71. The van der Waals surface area contributed by atoms with Gasteiger partial charge in [0.05, 0.1) is 0 Å². The smallest absolute Gasteiger partial charge is 0.243 e. The predicted molar refractivity (Wildman–Crippen MR) is 67.1 cm³/mol. The second kappa shape index (κ2) is 7.86. The van der Waals surface area contributed by atoms with E-state index in [4.69, 9.17) is 5.53 Å². The molecule has 1 rings (SSSR count). The van der Waals surface area contributed by atoms with E-state index >= 15 is 0 Å². The Kier molecular flexibility index (Phi) is 6.00. The number of carbonyl (C=O) groups is 1. The highest BCUT2D eigenvalue weighted by Crippen LogP contribution is 2.04. The van der Waals surface area contributed by atoms with Gasteiger partial charge in [0.1, 0.15) is 5.82 Å². The zero-order chi connectivity index (χ0) is 13.2. The number of hydrogen-bond acceptors (Lipinski definition) is 2. The van der Waals surface area contributed by atoms with Crippen LogP contribution < -0.4 is 5.32 Å². The van der Waals surface area contributed by atoms with Crippen molar-refractivity contribution in [1.82, 2.24) is 5.32 Å². The van der Waals surface area contributed by atoms with Crippen molar-refractivity contribution < 1.29 is 9.18 Å². The molecular formula is C12H13FN4O. The largest absolute Gasteiger partial charge is 0.353 e. The number of hydrogen-bond donors (Lipinski definition) is 1. The molecule has 0 aromatic heterocycles. The first-order valence-corrected chi connectivity index (χ1v) is 5.44. The molecule has 94 valence electrons. The van der Waals surface area contributed by atoms with E-state index < -0.39 is 0 Å². The molecule has 18 heavy (non-hydrogen) atoms. The highest BCUT2D eigenvalue weighted by molar-refractivity contribution is 5.91. The third-order valence-electron chi connectivity index (χ3n) is 2.09. The summed E-state index contributed by atoms with van der Waals surface area (Å²) in [5.41, 5.74) is 8.79. The lowest BCUT2D eigenvalue weighted by molar-refractivity contribution is -0.116. The number of amides is 1. The van der Waals surface area contributed by atoms with Gasteiger partial charge in [-0.2, -0.15) is 0 Å². The number of nitrogens with one attached hydrogen (secondary N) is 1. The molecule has 1 N–H and O–H groups in total. The first-order chi connectivity index (χ1) is 8.72. The van der Waals surface area contributed by atoms with Crippen LogP contribution in [-0.4, -0.2) is 19.0 Å². The molecule has 0 aliphatic heterocycles. The van der Waals surface area contributed by atoms with Crippen LogP contribution in [0.1, 0.15) is 12.0 Å². The molecule has 0 spiro atoms. The highest BCUT2D eigenvalue weighted by Gasteiger charge is 1.94. The molecule has 0 fully saturated rings. The second-order valence-electron chi connectivity index (χ2n) is 3.48.